The second kappa shape index (κ2) is 11.8. The number of aromatic nitrogens is 3. The molecule has 1 heterocycles. The van der Waals surface area contributed by atoms with Crippen molar-refractivity contribution in [3.63, 3.8) is 0 Å². The van der Waals surface area contributed by atoms with E-state index >= 15 is 0 Å². The fourth-order valence-corrected chi connectivity index (χ4v) is 4.60. The highest BCUT2D eigenvalue weighted by Gasteiger charge is 2.21. The third kappa shape index (κ3) is 11.0. The SMILES string of the molecule is CS(=O)(=O)NCCNc1nc(NCCNS(C)(=O)=O)nc(Nc2cc(S(=O)(=O)O)ccc2S(=O)(=O)O)n1. The summed E-state index contributed by atoms with van der Waals surface area (Å²) in [6.07, 6.45) is 1.91. The van der Waals surface area contributed by atoms with Gasteiger partial charge in [0.25, 0.3) is 20.2 Å². The Morgan fingerprint density at radius 2 is 1.14 bits per heavy atom. The summed E-state index contributed by atoms with van der Waals surface area (Å²) >= 11 is 0. The fraction of sp³-hybridized carbons (Fsp3) is 0.400. The van der Waals surface area contributed by atoms with Crippen LogP contribution < -0.4 is 25.4 Å². The average Bonchev–Trinajstić information content (AvgIpc) is 2.71. The van der Waals surface area contributed by atoms with E-state index in [4.69, 9.17) is 0 Å². The lowest BCUT2D eigenvalue weighted by Gasteiger charge is -2.13. The maximum atomic E-state index is 11.8. The Morgan fingerprint density at radius 3 is 1.54 bits per heavy atom. The molecule has 7 N–H and O–H groups in total. The van der Waals surface area contributed by atoms with Crippen molar-refractivity contribution in [3.05, 3.63) is 18.2 Å². The highest BCUT2D eigenvalue weighted by molar-refractivity contribution is 7.89. The molecule has 208 valence electrons. The molecule has 0 saturated heterocycles. The first-order valence-electron chi connectivity index (χ1n) is 9.83. The molecule has 0 atom stereocenters. The van der Waals surface area contributed by atoms with Gasteiger partial charge in [-0.1, -0.05) is 0 Å². The molecule has 0 unspecified atom stereocenters. The number of benzene rings is 1. The van der Waals surface area contributed by atoms with Crippen molar-refractivity contribution in [1.29, 1.82) is 0 Å². The van der Waals surface area contributed by atoms with Crippen LogP contribution in [-0.4, -0.2) is 96.4 Å². The normalized spacial score (nSPS) is 12.8. The van der Waals surface area contributed by atoms with Crippen molar-refractivity contribution in [2.45, 2.75) is 9.79 Å². The van der Waals surface area contributed by atoms with Gasteiger partial charge in [0.1, 0.15) is 4.90 Å². The predicted molar refractivity (Wildman–Crippen MR) is 132 cm³/mol. The van der Waals surface area contributed by atoms with Crippen molar-refractivity contribution in [2.75, 3.05) is 54.6 Å². The van der Waals surface area contributed by atoms with Gasteiger partial charge in [0.2, 0.25) is 37.9 Å². The Hall–Kier alpha value is -2.73. The number of hydrogen-bond donors (Lipinski definition) is 7. The Balaban J connectivity index is 2.40. The summed E-state index contributed by atoms with van der Waals surface area (Å²) in [5.41, 5.74) is -0.516. The molecule has 0 bridgehead atoms. The lowest BCUT2D eigenvalue weighted by Crippen LogP contribution is -2.29. The van der Waals surface area contributed by atoms with Crippen LogP contribution in [0.5, 0.6) is 0 Å². The third-order valence-corrected chi connectivity index (χ3v) is 7.17. The van der Waals surface area contributed by atoms with Crippen LogP contribution in [0, 0.1) is 0 Å². The van der Waals surface area contributed by atoms with Crippen molar-refractivity contribution >= 4 is 63.8 Å². The minimum absolute atomic E-state index is 0.000107. The Morgan fingerprint density at radius 1 is 0.676 bits per heavy atom. The maximum Gasteiger partial charge on any atom is 0.296 e. The zero-order valence-electron chi connectivity index (χ0n) is 19.2. The van der Waals surface area contributed by atoms with Gasteiger partial charge in [0.05, 0.1) is 23.1 Å². The van der Waals surface area contributed by atoms with Crippen molar-refractivity contribution in [1.82, 2.24) is 24.4 Å². The van der Waals surface area contributed by atoms with E-state index in [2.05, 4.69) is 40.3 Å². The summed E-state index contributed by atoms with van der Waals surface area (Å²) in [7, 11) is -16.6. The van der Waals surface area contributed by atoms with Gasteiger partial charge in [-0.15, -0.1) is 0 Å². The van der Waals surface area contributed by atoms with E-state index < -0.39 is 55.8 Å². The van der Waals surface area contributed by atoms with E-state index in [1.54, 1.807) is 0 Å². The van der Waals surface area contributed by atoms with E-state index in [-0.39, 0.29) is 44.0 Å². The van der Waals surface area contributed by atoms with Gasteiger partial charge >= 0.3 is 0 Å². The van der Waals surface area contributed by atoms with Gasteiger partial charge in [0.15, 0.2) is 0 Å². The summed E-state index contributed by atoms with van der Waals surface area (Å²) in [4.78, 5) is 10.5. The van der Waals surface area contributed by atoms with Crippen LogP contribution in [0.4, 0.5) is 23.5 Å². The standard InChI is InChI=1S/C15H24N8O10S4/c1-34(24,25)18-7-5-16-13-21-14(17-6-8-19-35(2,26)27)23-15(22-13)20-11-9-10(36(28,29)30)3-4-12(11)37(31,32)33/h3-4,9,18-19H,5-8H2,1-2H3,(H,28,29,30)(H,31,32,33)(H3,16,17,20,21,22,23). The quantitative estimate of drug-likeness (QED) is 0.0909. The monoisotopic (exact) mass is 604 g/mol. The first-order valence-corrected chi connectivity index (χ1v) is 16.5. The molecule has 0 radical (unpaired) electrons. The number of rotatable bonds is 14. The van der Waals surface area contributed by atoms with Gasteiger partial charge in [-0.3, -0.25) is 9.11 Å². The Labute approximate surface area is 213 Å². The molecular formula is C15H24N8O10S4. The Bertz CT molecular complexity index is 1500. The van der Waals surface area contributed by atoms with Crippen LogP contribution in [0.3, 0.4) is 0 Å². The molecule has 0 spiro atoms. The van der Waals surface area contributed by atoms with Crippen LogP contribution in [-0.2, 0) is 40.3 Å². The van der Waals surface area contributed by atoms with E-state index in [0.29, 0.717) is 6.07 Å². The molecule has 0 aliphatic carbocycles. The molecule has 1 aromatic carbocycles. The zero-order chi connectivity index (χ0) is 28.1. The number of anilines is 4. The van der Waals surface area contributed by atoms with Crippen LogP contribution in [0.15, 0.2) is 28.0 Å². The van der Waals surface area contributed by atoms with Crippen LogP contribution in [0.1, 0.15) is 0 Å². The van der Waals surface area contributed by atoms with Crippen LogP contribution in [0.25, 0.3) is 0 Å². The highest BCUT2D eigenvalue weighted by Crippen LogP contribution is 2.27. The smallest absolute Gasteiger partial charge is 0.296 e. The second-order valence-corrected chi connectivity index (χ2v) is 13.7. The van der Waals surface area contributed by atoms with E-state index in [0.717, 1.165) is 24.6 Å². The summed E-state index contributed by atoms with van der Waals surface area (Å²) in [5.74, 6) is -0.666. The number of nitrogens with one attached hydrogen (secondary N) is 5. The minimum atomic E-state index is -4.87. The molecule has 2 rings (SSSR count). The largest absolute Gasteiger partial charge is 0.353 e. The van der Waals surface area contributed by atoms with E-state index in [1.165, 1.54) is 0 Å². The van der Waals surface area contributed by atoms with Crippen LogP contribution >= 0.6 is 0 Å². The van der Waals surface area contributed by atoms with E-state index in [9.17, 15) is 42.8 Å². The fourth-order valence-electron chi connectivity index (χ4n) is 2.52. The zero-order valence-corrected chi connectivity index (χ0v) is 22.5. The molecule has 37 heavy (non-hydrogen) atoms. The molecule has 0 aliphatic heterocycles. The van der Waals surface area contributed by atoms with Gasteiger partial charge in [0, 0.05) is 26.2 Å². The number of hydrogen-bond acceptors (Lipinski definition) is 14. The van der Waals surface area contributed by atoms with E-state index in [1.807, 2.05) is 0 Å². The highest BCUT2D eigenvalue weighted by atomic mass is 32.2. The first kappa shape index (κ1) is 30.5. The molecule has 0 amide bonds. The molecule has 22 heteroatoms. The summed E-state index contributed by atoms with van der Waals surface area (Å²) in [6.45, 7) is -0.116. The average molecular weight is 605 g/mol. The lowest BCUT2D eigenvalue weighted by molar-refractivity contribution is 0.479. The van der Waals surface area contributed by atoms with Crippen molar-refractivity contribution < 1.29 is 42.8 Å². The lowest BCUT2D eigenvalue weighted by atomic mass is 10.3. The van der Waals surface area contributed by atoms with Crippen molar-refractivity contribution in [2.24, 2.45) is 0 Å². The predicted octanol–water partition coefficient (Wildman–Crippen LogP) is -1.97. The van der Waals surface area contributed by atoms with Crippen LogP contribution in [0.2, 0.25) is 0 Å². The summed E-state index contributed by atoms with van der Waals surface area (Å²) in [5, 5.41) is 7.81. The maximum absolute atomic E-state index is 11.8. The number of sulfonamides is 2. The van der Waals surface area contributed by atoms with Gasteiger partial charge < -0.3 is 16.0 Å². The molecular weight excluding hydrogens is 580 g/mol. The molecule has 2 aromatic rings. The van der Waals surface area contributed by atoms with Gasteiger partial charge in [-0.25, -0.2) is 26.3 Å². The molecule has 1 aromatic heterocycles. The summed E-state index contributed by atoms with van der Waals surface area (Å²) in [6, 6.07) is 2.20. The molecule has 0 saturated carbocycles. The first-order chi connectivity index (χ1) is 16.8. The van der Waals surface area contributed by atoms with Gasteiger partial charge in [-0.05, 0) is 18.2 Å². The molecule has 18 nitrogen and oxygen atoms in total. The number of nitrogens with zero attached hydrogens (tertiary/aromatic N) is 3. The third-order valence-electron chi connectivity index (χ3n) is 3.95. The molecule has 0 fully saturated rings. The summed E-state index contributed by atoms with van der Waals surface area (Å²) < 4.78 is 115. The Kier molecular flexibility index (Phi) is 9.69. The second-order valence-electron chi connectivity index (χ2n) is 7.23. The van der Waals surface area contributed by atoms with Gasteiger partial charge in [-0.2, -0.15) is 31.8 Å². The molecule has 0 aliphatic rings. The minimum Gasteiger partial charge on any atom is -0.353 e. The topological polar surface area (TPSA) is 276 Å². The van der Waals surface area contributed by atoms with Crippen molar-refractivity contribution in [3.8, 4) is 0 Å².